The molecular weight excluding hydrogens is 831 g/mol. The minimum absolute atomic E-state index is 0.0235. The van der Waals surface area contributed by atoms with Crippen LogP contribution in [0.3, 0.4) is 0 Å². The summed E-state index contributed by atoms with van der Waals surface area (Å²) in [6.45, 7) is 42.5. The predicted octanol–water partition coefficient (Wildman–Crippen LogP) is 13.9. The molecule has 2 unspecified atom stereocenters. The first-order chi connectivity index (χ1) is 30.8. The zero-order chi connectivity index (χ0) is 52.7. The standard InChI is InChI=1S/C18H27NO2S.C17H20O.C7H14.C5H12.C3H8.C2H6.2CH4O.2CH2O/c1-6-11-17(18(2,3)4)19(14-10-15-22(5,20)21)16-12-8-7-9-13-16;1-6-9-15-16(18-5)12(2)13-10-7-8-11-14(13)17(15,3)4;1-4-6-7(3)5-2;1-3-5-4-2;1-3-2;5*1-2/h6-9,11-13H,1,5,10,14-15H2,2-4H3,(H,20,21);1,7-8,10-12H,9H2,2-5H3;3-6H2,1-2H3;3-5H2,1-2H3;3H2,1-2H3;1-2H3;2*2H,1H3;2*1H2/p+1/b17-11-;;;;;;;;;. The van der Waals surface area contributed by atoms with Gasteiger partial charge in [-0.05, 0) is 61.4 Å². The van der Waals surface area contributed by atoms with Gasteiger partial charge in [0.2, 0.25) is 5.76 Å². The van der Waals surface area contributed by atoms with E-state index in [2.05, 4.69) is 142 Å². The lowest BCUT2D eigenvalue weighted by Gasteiger charge is -2.36. The van der Waals surface area contributed by atoms with E-state index in [1.165, 1.54) is 60.8 Å². The number of allylic oxidation sites excluding steroid dienone is 6. The molecule has 2 aromatic rings. The van der Waals surface area contributed by atoms with E-state index in [1.807, 2.05) is 70.9 Å². The Balaban J connectivity index is -0.000000139. The number of aliphatic hydroxyl groups is 4. The molecule has 2 aromatic carbocycles. The van der Waals surface area contributed by atoms with Crippen molar-refractivity contribution in [1.82, 2.24) is 0 Å². The van der Waals surface area contributed by atoms with Crippen LogP contribution in [0.4, 0.5) is 5.69 Å². The monoisotopic (exact) mass is 931 g/mol. The maximum Gasteiger partial charge on any atom is 0.237 e. The lowest BCUT2D eigenvalue weighted by molar-refractivity contribution is -0.0987. The van der Waals surface area contributed by atoms with Crippen molar-refractivity contribution < 1.29 is 33.3 Å². The number of rotatable bonds is 14. The number of aliphatic hydroxyl groups excluding tert-OH is 2. The Morgan fingerprint density at radius 2 is 1.34 bits per heavy atom. The molecule has 0 radical (unpaired) electrons. The fourth-order valence-corrected chi connectivity index (χ4v) is 6.84. The Morgan fingerprint density at radius 1 is 0.877 bits per heavy atom. The summed E-state index contributed by atoms with van der Waals surface area (Å²) >= 11 is 0. The summed E-state index contributed by atoms with van der Waals surface area (Å²) in [6.07, 6.45) is 19.5. The summed E-state index contributed by atoms with van der Waals surface area (Å²) in [5, 5.41) is 14.0. The second-order valence-electron chi connectivity index (χ2n) is 15.7. The van der Waals surface area contributed by atoms with Crippen molar-refractivity contribution in [2.45, 2.75) is 166 Å². The lowest BCUT2D eigenvalue weighted by Crippen LogP contribution is -2.32. The van der Waals surface area contributed by atoms with E-state index < -0.39 is 9.80 Å². The molecule has 0 amide bonds. The van der Waals surface area contributed by atoms with Crippen molar-refractivity contribution in [1.29, 1.82) is 0 Å². The van der Waals surface area contributed by atoms with Gasteiger partial charge in [-0.15, -0.1) is 12.3 Å². The highest BCUT2D eigenvalue weighted by Gasteiger charge is 2.40. The van der Waals surface area contributed by atoms with E-state index >= 15 is 0 Å². The second-order valence-corrected chi connectivity index (χ2v) is 17.6. The Morgan fingerprint density at radius 3 is 1.68 bits per heavy atom. The number of fused-ring (bicyclic) bond motifs is 1. The number of para-hydroxylation sites is 1. The molecule has 376 valence electrons. The maximum atomic E-state index is 11.4. The van der Waals surface area contributed by atoms with Gasteiger partial charge < -0.3 is 34.0 Å². The van der Waals surface area contributed by atoms with E-state index in [9.17, 15) is 8.76 Å². The number of terminal acetylenes is 1. The Labute approximate surface area is 402 Å². The molecule has 0 fully saturated rings. The van der Waals surface area contributed by atoms with Gasteiger partial charge in [-0.1, -0.05) is 189 Å². The number of unbranched alkanes of at least 4 members (excludes halogenated alkanes) is 2. The van der Waals surface area contributed by atoms with Crippen LogP contribution in [0.2, 0.25) is 0 Å². The van der Waals surface area contributed by atoms with E-state index in [-0.39, 0.29) is 16.6 Å². The summed E-state index contributed by atoms with van der Waals surface area (Å²) in [7, 11) is 0.926. The van der Waals surface area contributed by atoms with Crippen LogP contribution in [0.25, 0.3) is 0 Å². The molecule has 9 heteroatoms. The molecule has 0 heterocycles. The summed E-state index contributed by atoms with van der Waals surface area (Å²) in [6, 6.07) is 18.7. The molecule has 0 bridgehead atoms. The third-order valence-corrected chi connectivity index (χ3v) is 10.1. The Kier molecular flexibility index (Phi) is 56.9. The molecule has 1 aliphatic rings. The summed E-state index contributed by atoms with van der Waals surface area (Å²) < 4.78 is 25.3. The van der Waals surface area contributed by atoms with Crippen molar-refractivity contribution in [3.63, 3.8) is 0 Å². The van der Waals surface area contributed by atoms with Gasteiger partial charge in [-0.3, -0.25) is 0 Å². The molecule has 0 saturated carbocycles. The van der Waals surface area contributed by atoms with Gasteiger partial charge in [-0.25, -0.2) is 4.21 Å². The first-order valence-corrected chi connectivity index (χ1v) is 24.9. The number of benzene rings is 2. The highest BCUT2D eigenvalue weighted by molar-refractivity contribution is 7.95. The zero-order valence-electron chi connectivity index (χ0n) is 44.7. The van der Waals surface area contributed by atoms with Crippen molar-refractivity contribution in [3.8, 4) is 12.3 Å². The van der Waals surface area contributed by atoms with Crippen molar-refractivity contribution in [3.05, 3.63) is 114 Å². The van der Waals surface area contributed by atoms with Crippen LogP contribution in [0, 0.1) is 17.8 Å². The molecule has 2 atom stereocenters. The summed E-state index contributed by atoms with van der Waals surface area (Å²) in [4.78, 5) is 18.2. The van der Waals surface area contributed by atoms with Crippen LogP contribution in [0.1, 0.15) is 172 Å². The molecule has 0 saturated heterocycles. The molecular formula is C56H100NO7S+. The summed E-state index contributed by atoms with van der Waals surface area (Å²) in [5.74, 6) is 7.79. The molecule has 3 rings (SSSR count). The van der Waals surface area contributed by atoms with E-state index in [4.69, 9.17) is 26.2 Å². The molecule has 8 nitrogen and oxygen atoms in total. The SMILES string of the molecule is C#CCC1=C([OH+]C)C(C)c2ccccc2C1(C)C.C=C(CC)CCC.C=C/C=C(\N(CCCS(=C)(=O)O)c1ccccc1)C(C)(C)C.C=O.C=O.CC.CCC.CCCCC.CO.CO. The lowest BCUT2D eigenvalue weighted by atomic mass is 9.67. The van der Waals surface area contributed by atoms with Gasteiger partial charge in [0.05, 0.1) is 15.7 Å². The third-order valence-electron chi connectivity index (χ3n) is 9.15. The first-order valence-electron chi connectivity index (χ1n) is 23.1. The smallest absolute Gasteiger partial charge is 0.237 e. The Hall–Kier alpha value is -4.20. The van der Waals surface area contributed by atoms with Gasteiger partial charge in [0, 0.05) is 60.7 Å². The minimum atomic E-state index is -2.94. The number of ether oxygens (including phenoxy) is 1. The van der Waals surface area contributed by atoms with Crippen LogP contribution >= 0.6 is 0 Å². The van der Waals surface area contributed by atoms with Crippen LogP contribution in [0.15, 0.2) is 103 Å². The minimum Gasteiger partial charge on any atom is -0.587 e. The molecule has 0 aromatic heterocycles. The van der Waals surface area contributed by atoms with Crippen molar-refractivity contribution in [2.24, 2.45) is 5.41 Å². The highest BCUT2D eigenvalue weighted by atomic mass is 32.2. The third kappa shape index (κ3) is 35.7. The number of nitrogens with zero attached hydrogens (tertiary/aromatic N) is 1. The fraction of sp³-hybridized carbons (Fsp3) is 0.554. The molecule has 1 aliphatic carbocycles. The van der Waals surface area contributed by atoms with Gasteiger partial charge in [-0.2, -0.15) is 0 Å². The van der Waals surface area contributed by atoms with Gasteiger partial charge in [0.15, 0.2) is 7.11 Å². The Bertz CT molecular complexity index is 1610. The number of hydrogen-bond acceptors (Lipinski definition) is 6. The average molecular weight is 931 g/mol. The topological polar surface area (TPSA) is 128 Å². The molecule has 0 aliphatic heterocycles. The van der Waals surface area contributed by atoms with Crippen LogP contribution in [-0.4, -0.2) is 76.8 Å². The fourth-order valence-electron chi connectivity index (χ4n) is 6.26. The average Bonchev–Trinajstić information content (AvgIpc) is 3.31. The summed E-state index contributed by atoms with van der Waals surface area (Å²) in [5.41, 5.74) is 7.54. The van der Waals surface area contributed by atoms with Crippen LogP contribution in [-0.2, 0) is 24.8 Å². The van der Waals surface area contributed by atoms with E-state index in [0.29, 0.717) is 25.3 Å². The first kappa shape index (κ1) is 75.1. The van der Waals surface area contributed by atoms with E-state index in [1.54, 1.807) is 6.08 Å². The van der Waals surface area contributed by atoms with Crippen molar-refractivity contribution in [2.75, 3.05) is 38.5 Å². The number of hydrogen-bond donors (Lipinski definition) is 3. The molecule has 4 N–H and O–H groups in total. The van der Waals surface area contributed by atoms with Crippen LogP contribution in [0.5, 0.6) is 0 Å². The largest absolute Gasteiger partial charge is 0.587 e. The number of carbonyl (C=O) groups excluding carboxylic acids is 2. The number of carbonyl (C=O) groups is 2. The second kappa shape index (κ2) is 49.2. The van der Waals surface area contributed by atoms with Gasteiger partial charge in [0.25, 0.3) is 0 Å². The van der Waals surface area contributed by atoms with Gasteiger partial charge >= 0.3 is 0 Å². The van der Waals surface area contributed by atoms with Gasteiger partial charge in [0.1, 0.15) is 13.6 Å². The quantitative estimate of drug-likeness (QED) is 0.0566. The normalized spacial score (nSPS) is 13.3. The van der Waals surface area contributed by atoms with Crippen LogP contribution < -0.4 is 4.90 Å². The number of anilines is 1. The highest BCUT2D eigenvalue weighted by Crippen LogP contribution is 2.46. The predicted molar refractivity (Wildman–Crippen MR) is 293 cm³/mol. The van der Waals surface area contributed by atoms with Crippen molar-refractivity contribution >= 4 is 34.9 Å². The van der Waals surface area contributed by atoms with E-state index in [0.717, 1.165) is 37.8 Å². The maximum absolute atomic E-state index is 11.4. The molecule has 0 spiro atoms. The molecule has 65 heavy (non-hydrogen) atoms. The zero-order valence-corrected chi connectivity index (χ0v) is 45.5.